The van der Waals surface area contributed by atoms with Crippen LogP contribution in [0.5, 0.6) is 0 Å². The average Bonchev–Trinajstić information content (AvgIpc) is 3.06. The zero-order valence-electron chi connectivity index (χ0n) is 10.5. The molecule has 20 heavy (non-hydrogen) atoms. The van der Waals surface area contributed by atoms with Crippen molar-refractivity contribution in [2.75, 3.05) is 6.54 Å². The highest BCUT2D eigenvalue weighted by Gasteiger charge is 2.10. The molecule has 0 aromatic carbocycles. The van der Waals surface area contributed by atoms with Crippen molar-refractivity contribution in [3.05, 3.63) is 22.7 Å². The standard InChI is InChI=1S/C12H13N3O4S/c16-9(13-5-3-11(17)18)1-2-10-14-12(15-19-10)8-4-6-20-7-8/h4,6-7H,1-3,5H2,(H,13,16)(H,17,18). The van der Waals surface area contributed by atoms with Gasteiger partial charge in [0.05, 0.1) is 6.42 Å². The lowest BCUT2D eigenvalue weighted by atomic mass is 10.3. The normalized spacial score (nSPS) is 10.4. The van der Waals surface area contributed by atoms with E-state index in [1.54, 1.807) is 0 Å². The van der Waals surface area contributed by atoms with Crippen LogP contribution in [0.1, 0.15) is 18.7 Å². The van der Waals surface area contributed by atoms with E-state index >= 15 is 0 Å². The number of aliphatic carboxylic acids is 1. The Morgan fingerprint density at radius 2 is 2.25 bits per heavy atom. The number of nitrogens with zero attached hydrogens (tertiary/aromatic N) is 2. The van der Waals surface area contributed by atoms with Crippen molar-refractivity contribution in [2.45, 2.75) is 19.3 Å². The van der Waals surface area contributed by atoms with Crippen molar-refractivity contribution in [3.63, 3.8) is 0 Å². The maximum atomic E-state index is 11.4. The third-order valence-corrected chi connectivity index (χ3v) is 3.16. The van der Waals surface area contributed by atoms with Gasteiger partial charge >= 0.3 is 5.97 Å². The van der Waals surface area contributed by atoms with Crippen LogP contribution in [0, 0.1) is 0 Å². The molecular weight excluding hydrogens is 282 g/mol. The smallest absolute Gasteiger partial charge is 0.305 e. The Balaban J connectivity index is 1.77. The molecule has 1 amide bonds. The topological polar surface area (TPSA) is 105 Å². The van der Waals surface area contributed by atoms with E-state index in [1.165, 1.54) is 11.3 Å². The Hall–Kier alpha value is -2.22. The van der Waals surface area contributed by atoms with Crippen molar-refractivity contribution >= 4 is 23.2 Å². The molecule has 8 heteroatoms. The summed E-state index contributed by atoms with van der Waals surface area (Å²) >= 11 is 1.54. The van der Waals surface area contributed by atoms with E-state index in [9.17, 15) is 9.59 Å². The molecule has 0 unspecified atom stereocenters. The largest absolute Gasteiger partial charge is 0.481 e. The zero-order chi connectivity index (χ0) is 14.4. The molecular formula is C12H13N3O4S. The predicted octanol–water partition coefficient (Wildman–Crippen LogP) is 1.32. The summed E-state index contributed by atoms with van der Waals surface area (Å²) in [5.41, 5.74) is 0.885. The van der Waals surface area contributed by atoms with Gasteiger partial charge in [-0.3, -0.25) is 9.59 Å². The molecule has 0 bridgehead atoms. The number of carboxylic acid groups (broad SMARTS) is 1. The fourth-order valence-electron chi connectivity index (χ4n) is 1.48. The maximum Gasteiger partial charge on any atom is 0.305 e. The molecule has 0 spiro atoms. The van der Waals surface area contributed by atoms with Crippen LogP contribution in [0.15, 0.2) is 21.3 Å². The molecule has 2 aromatic rings. The van der Waals surface area contributed by atoms with Gasteiger partial charge in [0.1, 0.15) is 0 Å². The fourth-order valence-corrected chi connectivity index (χ4v) is 2.12. The van der Waals surface area contributed by atoms with Crippen LogP contribution in [0.25, 0.3) is 11.4 Å². The number of aryl methyl sites for hydroxylation is 1. The lowest BCUT2D eigenvalue weighted by Crippen LogP contribution is -2.26. The Morgan fingerprint density at radius 3 is 2.95 bits per heavy atom. The van der Waals surface area contributed by atoms with E-state index < -0.39 is 5.97 Å². The Morgan fingerprint density at radius 1 is 1.40 bits per heavy atom. The van der Waals surface area contributed by atoms with Gasteiger partial charge in [-0.2, -0.15) is 16.3 Å². The minimum absolute atomic E-state index is 0.0887. The second kappa shape index (κ2) is 6.80. The molecule has 0 saturated carbocycles. The van der Waals surface area contributed by atoms with Crippen LogP contribution >= 0.6 is 11.3 Å². The number of hydrogen-bond acceptors (Lipinski definition) is 6. The molecule has 0 aliphatic carbocycles. The van der Waals surface area contributed by atoms with Gasteiger partial charge < -0.3 is 14.9 Å². The number of amides is 1. The maximum absolute atomic E-state index is 11.4. The lowest BCUT2D eigenvalue weighted by molar-refractivity contribution is -0.136. The monoisotopic (exact) mass is 295 g/mol. The van der Waals surface area contributed by atoms with Crippen molar-refractivity contribution in [2.24, 2.45) is 0 Å². The van der Waals surface area contributed by atoms with E-state index in [1.807, 2.05) is 16.8 Å². The highest BCUT2D eigenvalue weighted by Crippen LogP contribution is 2.18. The van der Waals surface area contributed by atoms with E-state index in [0.717, 1.165) is 5.56 Å². The van der Waals surface area contributed by atoms with E-state index in [0.29, 0.717) is 18.1 Å². The number of carbonyl (C=O) groups is 2. The Kier molecular flexibility index (Phi) is 4.83. The molecule has 2 rings (SSSR count). The molecule has 2 N–H and O–H groups in total. The van der Waals surface area contributed by atoms with Crippen LogP contribution in [-0.4, -0.2) is 33.7 Å². The average molecular weight is 295 g/mol. The van der Waals surface area contributed by atoms with E-state index in [-0.39, 0.29) is 25.3 Å². The second-order valence-corrected chi connectivity index (χ2v) is 4.80. The van der Waals surface area contributed by atoms with Crippen LogP contribution in [-0.2, 0) is 16.0 Å². The van der Waals surface area contributed by atoms with Crippen LogP contribution in [0.3, 0.4) is 0 Å². The summed E-state index contributed by atoms with van der Waals surface area (Å²) in [6.45, 7) is 0.123. The number of hydrogen-bond donors (Lipinski definition) is 2. The lowest BCUT2D eigenvalue weighted by Gasteiger charge is -2.00. The molecule has 2 aromatic heterocycles. The van der Waals surface area contributed by atoms with Gasteiger partial charge in [-0.25, -0.2) is 0 Å². The summed E-state index contributed by atoms with van der Waals surface area (Å²) < 4.78 is 5.05. The highest BCUT2D eigenvalue weighted by atomic mass is 32.1. The number of carbonyl (C=O) groups excluding carboxylic acids is 1. The first-order valence-corrected chi connectivity index (χ1v) is 6.93. The molecule has 0 atom stereocenters. The third kappa shape index (κ3) is 4.16. The fraction of sp³-hybridized carbons (Fsp3) is 0.333. The number of thiophene rings is 1. The highest BCUT2D eigenvalue weighted by molar-refractivity contribution is 7.08. The van der Waals surface area contributed by atoms with Crippen LogP contribution < -0.4 is 5.32 Å². The van der Waals surface area contributed by atoms with Gasteiger partial charge in [0.2, 0.25) is 17.6 Å². The predicted molar refractivity (Wildman–Crippen MR) is 71.2 cm³/mol. The first-order valence-electron chi connectivity index (χ1n) is 5.99. The summed E-state index contributed by atoms with van der Waals surface area (Å²) in [4.78, 5) is 25.9. The Bertz CT molecular complexity index is 579. The Labute approximate surface area is 118 Å². The third-order valence-electron chi connectivity index (χ3n) is 2.47. The molecule has 106 valence electrons. The molecule has 0 aliphatic heterocycles. The summed E-state index contributed by atoms with van der Waals surface area (Å²) in [5.74, 6) is -0.281. The van der Waals surface area contributed by atoms with Gasteiger partial charge in [-0.15, -0.1) is 0 Å². The molecule has 0 aliphatic rings. The number of carboxylic acids is 1. The summed E-state index contributed by atoms with van der Waals surface area (Å²) in [6.07, 6.45) is 0.426. The SMILES string of the molecule is O=C(O)CCNC(=O)CCc1nc(-c2ccsc2)no1. The van der Waals surface area contributed by atoms with Crippen molar-refractivity contribution in [1.29, 1.82) is 0 Å². The number of rotatable bonds is 7. The minimum atomic E-state index is -0.942. The quantitative estimate of drug-likeness (QED) is 0.798. The van der Waals surface area contributed by atoms with Crippen molar-refractivity contribution < 1.29 is 19.2 Å². The summed E-state index contributed by atoms with van der Waals surface area (Å²) in [5, 5.41) is 18.6. The van der Waals surface area contributed by atoms with Gasteiger partial charge in [-0.1, -0.05) is 5.16 Å². The zero-order valence-corrected chi connectivity index (χ0v) is 11.4. The van der Waals surface area contributed by atoms with Gasteiger partial charge in [-0.05, 0) is 11.4 Å². The van der Waals surface area contributed by atoms with Crippen molar-refractivity contribution in [3.8, 4) is 11.4 Å². The first kappa shape index (κ1) is 14.2. The number of aromatic nitrogens is 2. The van der Waals surface area contributed by atoms with Gasteiger partial charge in [0, 0.05) is 30.3 Å². The molecule has 0 radical (unpaired) electrons. The molecule has 7 nitrogen and oxygen atoms in total. The minimum Gasteiger partial charge on any atom is -0.481 e. The molecule has 2 heterocycles. The van der Waals surface area contributed by atoms with Gasteiger partial charge in [0.15, 0.2) is 0 Å². The van der Waals surface area contributed by atoms with Crippen LogP contribution in [0.4, 0.5) is 0 Å². The number of nitrogens with one attached hydrogen (secondary N) is 1. The summed E-state index contributed by atoms with van der Waals surface area (Å²) in [6, 6.07) is 1.89. The van der Waals surface area contributed by atoms with E-state index in [2.05, 4.69) is 15.5 Å². The van der Waals surface area contributed by atoms with Crippen LogP contribution in [0.2, 0.25) is 0 Å². The second-order valence-electron chi connectivity index (χ2n) is 4.02. The molecule has 0 saturated heterocycles. The molecule has 0 fully saturated rings. The summed E-state index contributed by atoms with van der Waals surface area (Å²) in [7, 11) is 0. The first-order chi connectivity index (χ1) is 9.65. The van der Waals surface area contributed by atoms with Gasteiger partial charge in [0.25, 0.3) is 0 Å². The van der Waals surface area contributed by atoms with Crippen molar-refractivity contribution in [1.82, 2.24) is 15.5 Å². The van der Waals surface area contributed by atoms with E-state index in [4.69, 9.17) is 9.63 Å².